The molecule has 3 aromatic carbocycles. The van der Waals surface area contributed by atoms with Gasteiger partial charge in [0.1, 0.15) is 5.75 Å². The number of primary amides is 1. The summed E-state index contributed by atoms with van der Waals surface area (Å²) in [4.78, 5) is 31.1. The third-order valence-electron chi connectivity index (χ3n) is 4.68. The molecule has 2 N–H and O–H groups in total. The minimum Gasteiger partial charge on any atom is -0.482 e. The van der Waals surface area contributed by atoms with Gasteiger partial charge in [0.25, 0.3) is 11.8 Å². The van der Waals surface area contributed by atoms with Gasteiger partial charge in [-0.15, -0.1) is 0 Å². The highest BCUT2D eigenvalue weighted by atomic mass is 35.5. The lowest BCUT2D eigenvalue weighted by Gasteiger charge is -2.15. The van der Waals surface area contributed by atoms with Gasteiger partial charge in [-0.3, -0.25) is 14.5 Å². The number of rotatable bonds is 7. The summed E-state index contributed by atoms with van der Waals surface area (Å²) in [6.07, 6.45) is 1.77. The summed E-state index contributed by atoms with van der Waals surface area (Å²) in [6.45, 7) is 0.151. The van der Waals surface area contributed by atoms with Crippen LogP contribution in [0.5, 0.6) is 5.75 Å². The van der Waals surface area contributed by atoms with Crippen LogP contribution in [0, 0.1) is 0 Å². The van der Waals surface area contributed by atoms with Crippen LogP contribution in [-0.4, -0.2) is 28.5 Å². The van der Waals surface area contributed by atoms with E-state index in [1.54, 1.807) is 29.2 Å². The van der Waals surface area contributed by atoms with Gasteiger partial charge >= 0.3 is 0 Å². The molecule has 166 valence electrons. The molecule has 0 bridgehead atoms. The van der Waals surface area contributed by atoms with Gasteiger partial charge in [0.2, 0.25) is 0 Å². The second kappa shape index (κ2) is 10.4. The van der Waals surface area contributed by atoms with Crippen LogP contribution in [0.1, 0.15) is 11.1 Å². The van der Waals surface area contributed by atoms with Crippen LogP contribution in [0.15, 0.2) is 88.8 Å². The topological polar surface area (TPSA) is 85.0 Å². The van der Waals surface area contributed by atoms with E-state index in [-0.39, 0.29) is 12.5 Å². The molecular weight excluding hydrogens is 458 g/mol. The molecule has 33 heavy (non-hydrogen) atoms. The number of nitrogens with two attached hydrogens (primary N) is 1. The molecule has 0 radical (unpaired) electrons. The normalized spacial score (nSPS) is 15.9. The molecule has 0 aromatic heterocycles. The first kappa shape index (κ1) is 22.6. The van der Waals surface area contributed by atoms with E-state index in [1.165, 1.54) is 11.8 Å². The van der Waals surface area contributed by atoms with E-state index in [1.807, 2.05) is 60.7 Å². The minimum atomic E-state index is -0.589. The van der Waals surface area contributed by atoms with Crippen LogP contribution < -0.4 is 10.5 Å². The highest BCUT2D eigenvalue weighted by molar-refractivity contribution is 8.18. The largest absolute Gasteiger partial charge is 0.482 e. The van der Waals surface area contributed by atoms with Gasteiger partial charge in [-0.05, 0) is 53.2 Å². The standard InChI is InChI=1S/C25H20ClN3O3S/c26-20-13-18(11-12-21(20)32-16-23(27)30)14-22-24(31)29(15-17-7-3-1-4-8-17)25(33-22)28-19-9-5-2-6-10-19/h1-14H,15-16H2,(H2,27,30). The Morgan fingerprint density at radius 3 is 2.42 bits per heavy atom. The van der Waals surface area contributed by atoms with E-state index >= 15 is 0 Å². The Hall–Kier alpha value is -3.55. The first-order valence-corrected chi connectivity index (χ1v) is 11.3. The summed E-state index contributed by atoms with van der Waals surface area (Å²) >= 11 is 7.59. The SMILES string of the molecule is NC(=O)COc1ccc(C=C2SC(=Nc3ccccc3)N(Cc3ccccc3)C2=O)cc1Cl. The Morgan fingerprint density at radius 1 is 1.06 bits per heavy atom. The Morgan fingerprint density at radius 2 is 1.76 bits per heavy atom. The minimum absolute atomic E-state index is 0.135. The first-order valence-electron chi connectivity index (χ1n) is 10.1. The molecule has 1 fully saturated rings. The summed E-state index contributed by atoms with van der Waals surface area (Å²) in [5.74, 6) is -0.377. The van der Waals surface area contributed by atoms with Crippen LogP contribution in [0.3, 0.4) is 0 Å². The van der Waals surface area contributed by atoms with Crippen LogP contribution in [0.2, 0.25) is 5.02 Å². The van der Waals surface area contributed by atoms with Crippen molar-refractivity contribution < 1.29 is 14.3 Å². The van der Waals surface area contributed by atoms with Gasteiger partial charge in [0.05, 0.1) is 22.2 Å². The zero-order valence-electron chi connectivity index (χ0n) is 17.5. The number of hydrogen-bond donors (Lipinski definition) is 1. The molecule has 8 heteroatoms. The van der Waals surface area contributed by atoms with E-state index < -0.39 is 5.91 Å². The average molecular weight is 478 g/mol. The fourth-order valence-electron chi connectivity index (χ4n) is 3.13. The molecule has 1 saturated heterocycles. The average Bonchev–Trinajstić information content (AvgIpc) is 3.08. The van der Waals surface area contributed by atoms with Gasteiger partial charge < -0.3 is 10.5 Å². The number of para-hydroxylation sites is 1. The van der Waals surface area contributed by atoms with Crippen molar-refractivity contribution in [2.24, 2.45) is 10.7 Å². The van der Waals surface area contributed by atoms with Gasteiger partial charge in [-0.25, -0.2) is 4.99 Å². The van der Waals surface area contributed by atoms with Gasteiger partial charge in [0.15, 0.2) is 11.8 Å². The third-order valence-corrected chi connectivity index (χ3v) is 5.98. The summed E-state index contributed by atoms with van der Waals surface area (Å²) in [5.41, 5.74) is 7.61. The molecule has 4 rings (SSSR count). The van der Waals surface area contributed by atoms with Crippen molar-refractivity contribution in [2.75, 3.05) is 6.61 Å². The van der Waals surface area contributed by atoms with Crippen LogP contribution in [0.4, 0.5) is 5.69 Å². The predicted molar refractivity (Wildman–Crippen MR) is 132 cm³/mol. The van der Waals surface area contributed by atoms with E-state index in [9.17, 15) is 9.59 Å². The Labute approximate surface area is 200 Å². The van der Waals surface area contributed by atoms with Gasteiger partial charge in [-0.2, -0.15) is 0 Å². The summed E-state index contributed by atoms with van der Waals surface area (Å²) < 4.78 is 5.28. The zero-order chi connectivity index (χ0) is 23.2. The first-order chi connectivity index (χ1) is 16.0. The molecule has 0 aliphatic carbocycles. The second-order valence-corrected chi connectivity index (χ2v) is 8.58. The Bertz CT molecular complexity index is 1230. The zero-order valence-corrected chi connectivity index (χ0v) is 19.1. The number of thioether (sulfide) groups is 1. The van der Waals surface area contributed by atoms with Crippen molar-refractivity contribution in [3.05, 3.63) is 99.9 Å². The molecule has 1 aliphatic heterocycles. The van der Waals surface area contributed by atoms with E-state index in [0.29, 0.717) is 27.4 Å². The van der Waals surface area contributed by atoms with E-state index in [2.05, 4.69) is 0 Å². The lowest BCUT2D eigenvalue weighted by atomic mass is 10.2. The fraction of sp³-hybridized carbons (Fsp3) is 0.0800. The highest BCUT2D eigenvalue weighted by Crippen LogP contribution is 2.36. The number of hydrogen-bond acceptors (Lipinski definition) is 5. The van der Waals surface area contributed by atoms with E-state index in [4.69, 9.17) is 27.1 Å². The number of amides is 2. The number of ether oxygens (including phenoxy) is 1. The molecular formula is C25H20ClN3O3S. The smallest absolute Gasteiger partial charge is 0.267 e. The number of carbonyl (C=O) groups is 2. The number of benzene rings is 3. The molecule has 2 amide bonds. The summed E-state index contributed by atoms with van der Waals surface area (Å²) in [6, 6.07) is 24.4. The molecule has 1 aliphatic rings. The quantitative estimate of drug-likeness (QED) is 0.485. The molecule has 1 heterocycles. The molecule has 0 unspecified atom stereocenters. The number of carbonyl (C=O) groups excluding carboxylic acids is 2. The van der Waals surface area contributed by atoms with Crippen LogP contribution in [0.25, 0.3) is 6.08 Å². The number of amidine groups is 1. The predicted octanol–water partition coefficient (Wildman–Crippen LogP) is 5.01. The van der Waals surface area contributed by atoms with Gasteiger partial charge in [-0.1, -0.05) is 66.2 Å². The lowest BCUT2D eigenvalue weighted by Crippen LogP contribution is -2.28. The molecule has 6 nitrogen and oxygen atoms in total. The van der Waals surface area contributed by atoms with Crippen molar-refractivity contribution in [2.45, 2.75) is 6.54 Å². The fourth-order valence-corrected chi connectivity index (χ4v) is 4.38. The lowest BCUT2D eigenvalue weighted by molar-refractivity contribution is -0.122. The van der Waals surface area contributed by atoms with Crippen LogP contribution in [-0.2, 0) is 16.1 Å². The van der Waals surface area contributed by atoms with Crippen molar-refractivity contribution >= 4 is 52.1 Å². The van der Waals surface area contributed by atoms with Crippen molar-refractivity contribution in [3.63, 3.8) is 0 Å². The number of halogens is 1. The number of nitrogens with zero attached hydrogens (tertiary/aromatic N) is 2. The molecule has 0 saturated carbocycles. The maximum atomic E-state index is 13.3. The summed E-state index contributed by atoms with van der Waals surface area (Å²) in [5, 5.41) is 0.925. The second-order valence-electron chi connectivity index (χ2n) is 7.16. The van der Waals surface area contributed by atoms with Gasteiger partial charge in [0, 0.05) is 0 Å². The maximum Gasteiger partial charge on any atom is 0.267 e. The Kier molecular flexibility index (Phi) is 7.12. The van der Waals surface area contributed by atoms with Crippen LogP contribution >= 0.6 is 23.4 Å². The van der Waals surface area contributed by atoms with Crippen molar-refractivity contribution in [1.29, 1.82) is 0 Å². The Balaban J connectivity index is 1.63. The molecule has 0 spiro atoms. The highest BCUT2D eigenvalue weighted by Gasteiger charge is 2.33. The third kappa shape index (κ3) is 5.83. The summed E-state index contributed by atoms with van der Waals surface area (Å²) in [7, 11) is 0. The molecule has 3 aromatic rings. The maximum absolute atomic E-state index is 13.3. The van der Waals surface area contributed by atoms with Crippen molar-refractivity contribution in [3.8, 4) is 5.75 Å². The number of aliphatic imine (C=N–C) groups is 1. The molecule has 0 atom stereocenters. The van der Waals surface area contributed by atoms with Crippen molar-refractivity contribution in [1.82, 2.24) is 4.90 Å². The monoisotopic (exact) mass is 477 g/mol. The van der Waals surface area contributed by atoms with E-state index in [0.717, 1.165) is 16.8 Å².